The molecule has 0 aliphatic rings. The lowest BCUT2D eigenvalue weighted by Gasteiger charge is -2.23. The summed E-state index contributed by atoms with van der Waals surface area (Å²) >= 11 is 5.88. The Morgan fingerprint density at radius 3 is 2.32 bits per heavy atom. The second-order valence-corrected chi connectivity index (χ2v) is 7.77. The van der Waals surface area contributed by atoms with E-state index in [1.807, 2.05) is 20.8 Å². The van der Waals surface area contributed by atoms with Crippen LogP contribution in [0.1, 0.15) is 44.7 Å². The minimum absolute atomic E-state index is 0.0183. The summed E-state index contributed by atoms with van der Waals surface area (Å²) in [5.41, 5.74) is 0.0804. The second kappa shape index (κ2) is 7.93. The van der Waals surface area contributed by atoms with E-state index in [1.54, 1.807) is 6.07 Å². The summed E-state index contributed by atoms with van der Waals surface area (Å²) in [6.45, 7) is 7.10. The number of carboxylic acids is 1. The molecule has 1 unspecified atom stereocenters. The number of halogens is 1. The topological polar surface area (TPSA) is 125 Å². The van der Waals surface area contributed by atoms with Crippen molar-refractivity contribution in [1.29, 1.82) is 0 Å². The standard InChI is InChI=1S/C19H20ClN3O5/c1-10(18(25)26)11-7-13(19(2,3)4)17(24)15(8-11)22-21-14-9-12(20)5-6-16(14)23(27)28/h5-10,24H,1-4H3,(H,25,26)/b22-21+. The van der Waals surface area contributed by atoms with Crippen LogP contribution >= 0.6 is 11.6 Å². The highest BCUT2D eigenvalue weighted by Crippen LogP contribution is 2.41. The molecule has 8 nitrogen and oxygen atoms in total. The number of benzene rings is 2. The van der Waals surface area contributed by atoms with Crippen molar-refractivity contribution in [2.24, 2.45) is 10.2 Å². The minimum atomic E-state index is -1.03. The van der Waals surface area contributed by atoms with Crippen LogP contribution in [0.2, 0.25) is 5.02 Å². The molecule has 2 rings (SSSR count). The van der Waals surface area contributed by atoms with Crippen LogP contribution in [0.3, 0.4) is 0 Å². The lowest BCUT2D eigenvalue weighted by molar-refractivity contribution is -0.384. The van der Waals surface area contributed by atoms with Crippen molar-refractivity contribution in [2.45, 2.75) is 39.0 Å². The molecule has 28 heavy (non-hydrogen) atoms. The third kappa shape index (κ3) is 4.64. The van der Waals surface area contributed by atoms with Gasteiger partial charge in [-0.3, -0.25) is 14.9 Å². The van der Waals surface area contributed by atoms with Gasteiger partial charge in [0.15, 0.2) is 5.69 Å². The van der Waals surface area contributed by atoms with E-state index < -0.39 is 22.2 Å². The Balaban J connectivity index is 2.64. The number of nitrogens with zero attached hydrogens (tertiary/aromatic N) is 3. The molecule has 2 aromatic carbocycles. The average molecular weight is 406 g/mol. The Labute approximate surface area is 166 Å². The predicted octanol–water partition coefficient (Wildman–Crippen LogP) is 5.85. The van der Waals surface area contributed by atoms with Gasteiger partial charge in [-0.1, -0.05) is 38.4 Å². The van der Waals surface area contributed by atoms with Crippen LogP contribution in [-0.2, 0) is 10.2 Å². The molecule has 0 fully saturated rings. The molecular formula is C19H20ClN3O5. The van der Waals surface area contributed by atoms with Crippen molar-refractivity contribution in [3.63, 3.8) is 0 Å². The maximum Gasteiger partial charge on any atom is 0.310 e. The summed E-state index contributed by atoms with van der Waals surface area (Å²) in [4.78, 5) is 21.9. The second-order valence-electron chi connectivity index (χ2n) is 7.34. The molecule has 0 aliphatic carbocycles. The summed E-state index contributed by atoms with van der Waals surface area (Å²) in [6.07, 6.45) is 0. The van der Waals surface area contributed by atoms with Gasteiger partial charge in [0.2, 0.25) is 0 Å². The van der Waals surface area contributed by atoms with Crippen LogP contribution in [-0.4, -0.2) is 21.1 Å². The summed E-state index contributed by atoms with van der Waals surface area (Å²) < 4.78 is 0. The third-order valence-corrected chi connectivity index (χ3v) is 4.43. The number of azo groups is 1. The molecule has 2 N–H and O–H groups in total. The van der Waals surface area contributed by atoms with Gasteiger partial charge in [0, 0.05) is 16.7 Å². The van der Waals surface area contributed by atoms with Crippen LogP contribution < -0.4 is 0 Å². The minimum Gasteiger partial charge on any atom is -0.505 e. The lowest BCUT2D eigenvalue weighted by Crippen LogP contribution is -2.14. The van der Waals surface area contributed by atoms with Gasteiger partial charge in [-0.15, -0.1) is 10.2 Å². The Morgan fingerprint density at radius 1 is 1.18 bits per heavy atom. The molecule has 0 heterocycles. The number of hydrogen-bond donors (Lipinski definition) is 2. The first-order valence-electron chi connectivity index (χ1n) is 8.37. The van der Waals surface area contributed by atoms with Crippen molar-refractivity contribution in [3.8, 4) is 5.75 Å². The van der Waals surface area contributed by atoms with E-state index in [0.717, 1.165) is 0 Å². The van der Waals surface area contributed by atoms with Gasteiger partial charge >= 0.3 is 5.97 Å². The number of nitro benzene ring substituents is 1. The van der Waals surface area contributed by atoms with E-state index in [1.165, 1.54) is 31.2 Å². The number of aliphatic carboxylic acids is 1. The van der Waals surface area contributed by atoms with E-state index in [9.17, 15) is 25.1 Å². The Morgan fingerprint density at radius 2 is 1.79 bits per heavy atom. The number of carboxylic acid groups (broad SMARTS) is 1. The average Bonchev–Trinajstić information content (AvgIpc) is 2.58. The number of carbonyl (C=O) groups is 1. The molecule has 0 spiro atoms. The first kappa shape index (κ1) is 21.3. The van der Waals surface area contributed by atoms with E-state index in [4.69, 9.17) is 11.6 Å². The zero-order valence-corrected chi connectivity index (χ0v) is 16.6. The molecular weight excluding hydrogens is 386 g/mol. The summed E-state index contributed by atoms with van der Waals surface area (Å²) in [6, 6.07) is 6.88. The number of rotatable bonds is 5. The van der Waals surface area contributed by atoms with Crippen LogP contribution in [0.25, 0.3) is 0 Å². The SMILES string of the molecule is CC(C(=O)O)c1cc(/N=N/c2cc(Cl)ccc2[N+](=O)[O-])c(O)c(C(C)(C)C)c1. The Hall–Kier alpha value is -3.00. The normalized spacial score (nSPS) is 12.9. The number of nitro groups is 1. The quantitative estimate of drug-likeness (QED) is 0.366. The molecule has 0 bridgehead atoms. The Bertz CT molecular complexity index is 967. The third-order valence-electron chi connectivity index (χ3n) is 4.19. The van der Waals surface area contributed by atoms with E-state index in [0.29, 0.717) is 11.1 Å². The Kier molecular flexibility index (Phi) is 6.04. The van der Waals surface area contributed by atoms with Crippen molar-refractivity contribution >= 4 is 34.6 Å². The molecule has 0 radical (unpaired) electrons. The number of aromatic hydroxyl groups is 1. The monoisotopic (exact) mass is 405 g/mol. The van der Waals surface area contributed by atoms with Crippen LogP contribution in [0.15, 0.2) is 40.6 Å². The summed E-state index contributed by atoms with van der Waals surface area (Å²) in [7, 11) is 0. The number of phenols is 1. The van der Waals surface area contributed by atoms with Crippen LogP contribution in [0.4, 0.5) is 17.1 Å². The van der Waals surface area contributed by atoms with Crippen molar-refractivity contribution < 1.29 is 19.9 Å². The fourth-order valence-electron chi connectivity index (χ4n) is 2.52. The molecule has 2 aromatic rings. The van der Waals surface area contributed by atoms with Crippen molar-refractivity contribution in [1.82, 2.24) is 0 Å². The van der Waals surface area contributed by atoms with E-state index in [-0.39, 0.29) is 27.8 Å². The highest BCUT2D eigenvalue weighted by Gasteiger charge is 2.25. The van der Waals surface area contributed by atoms with Gasteiger partial charge in [0.25, 0.3) is 5.69 Å². The zero-order chi connectivity index (χ0) is 21.2. The summed E-state index contributed by atoms with van der Waals surface area (Å²) in [5.74, 6) is -2.03. The largest absolute Gasteiger partial charge is 0.505 e. The fraction of sp³-hybridized carbons (Fsp3) is 0.316. The molecule has 0 amide bonds. The maximum atomic E-state index is 11.4. The van der Waals surface area contributed by atoms with Crippen LogP contribution in [0.5, 0.6) is 5.75 Å². The molecule has 1 atom stereocenters. The smallest absolute Gasteiger partial charge is 0.310 e. The summed E-state index contributed by atoms with van der Waals surface area (Å²) in [5, 5.41) is 39.2. The fourth-order valence-corrected chi connectivity index (χ4v) is 2.69. The predicted molar refractivity (Wildman–Crippen MR) is 105 cm³/mol. The van der Waals surface area contributed by atoms with Gasteiger partial charge in [0.1, 0.15) is 11.4 Å². The van der Waals surface area contributed by atoms with Gasteiger partial charge < -0.3 is 10.2 Å². The molecule has 0 aromatic heterocycles. The van der Waals surface area contributed by atoms with E-state index in [2.05, 4.69) is 10.2 Å². The molecule has 148 valence electrons. The lowest BCUT2D eigenvalue weighted by atomic mass is 9.83. The number of phenolic OH excluding ortho intramolecular Hbond substituents is 1. The van der Waals surface area contributed by atoms with Crippen molar-refractivity contribution in [2.75, 3.05) is 0 Å². The van der Waals surface area contributed by atoms with Gasteiger partial charge in [-0.2, -0.15) is 0 Å². The first-order valence-corrected chi connectivity index (χ1v) is 8.75. The van der Waals surface area contributed by atoms with E-state index >= 15 is 0 Å². The molecule has 0 saturated heterocycles. The zero-order valence-electron chi connectivity index (χ0n) is 15.8. The van der Waals surface area contributed by atoms with Gasteiger partial charge in [0.05, 0.1) is 10.8 Å². The molecule has 0 aliphatic heterocycles. The van der Waals surface area contributed by atoms with Gasteiger partial charge in [-0.25, -0.2) is 0 Å². The highest BCUT2D eigenvalue weighted by atomic mass is 35.5. The number of hydrogen-bond acceptors (Lipinski definition) is 6. The molecule has 0 saturated carbocycles. The van der Waals surface area contributed by atoms with Crippen molar-refractivity contribution in [3.05, 3.63) is 56.6 Å². The highest BCUT2D eigenvalue weighted by molar-refractivity contribution is 6.30. The maximum absolute atomic E-state index is 11.4. The molecule has 9 heteroatoms. The van der Waals surface area contributed by atoms with Gasteiger partial charge in [-0.05, 0) is 36.1 Å². The van der Waals surface area contributed by atoms with Crippen LogP contribution in [0, 0.1) is 10.1 Å². The first-order chi connectivity index (χ1) is 12.9.